The quantitative estimate of drug-likeness (QED) is 0.153. The number of ether oxygens (including phenoxy) is 1. The molecule has 0 aliphatic carbocycles. The van der Waals surface area contributed by atoms with Crippen molar-refractivity contribution in [3.05, 3.63) is 96.8 Å². The second-order valence-electron chi connectivity index (χ2n) is 8.72. The first-order valence-corrected chi connectivity index (χ1v) is 14.0. The summed E-state index contributed by atoms with van der Waals surface area (Å²) in [5, 5.41) is 13.2. The van der Waals surface area contributed by atoms with Crippen LogP contribution in [0.25, 0.3) is 20.8 Å². The molecule has 0 fully saturated rings. The summed E-state index contributed by atoms with van der Waals surface area (Å²) in [7, 11) is 0. The number of rotatable bonds is 10. The number of hydrogen-bond donors (Lipinski definition) is 1. The molecule has 9 heteroatoms. The monoisotopic (exact) mass is 541 g/mol. The summed E-state index contributed by atoms with van der Waals surface area (Å²) in [5.41, 5.74) is 3.97. The molecule has 7 nitrogen and oxygen atoms in total. The van der Waals surface area contributed by atoms with Crippen molar-refractivity contribution in [2.24, 2.45) is 0 Å². The van der Waals surface area contributed by atoms with E-state index in [-0.39, 0.29) is 17.8 Å². The van der Waals surface area contributed by atoms with Crippen molar-refractivity contribution >= 4 is 44.9 Å². The molecule has 0 spiro atoms. The Kier molecular flexibility index (Phi) is 7.86. The third-order valence-electron chi connectivity index (χ3n) is 5.77. The van der Waals surface area contributed by atoms with E-state index in [0.717, 1.165) is 27.5 Å². The van der Waals surface area contributed by atoms with Gasteiger partial charge in [-0.15, -0.1) is 28.1 Å². The van der Waals surface area contributed by atoms with Crippen LogP contribution < -0.4 is 10.1 Å². The highest BCUT2D eigenvalue weighted by molar-refractivity contribution is 7.99. The van der Waals surface area contributed by atoms with Gasteiger partial charge < -0.3 is 10.1 Å². The van der Waals surface area contributed by atoms with Gasteiger partial charge >= 0.3 is 0 Å². The zero-order chi connectivity index (χ0) is 26.5. The van der Waals surface area contributed by atoms with E-state index in [0.29, 0.717) is 17.5 Å². The van der Waals surface area contributed by atoms with Crippen molar-refractivity contribution in [1.29, 1.82) is 0 Å². The van der Waals surface area contributed by atoms with Crippen molar-refractivity contribution in [3.63, 3.8) is 0 Å². The van der Waals surface area contributed by atoms with Gasteiger partial charge in [-0.3, -0.25) is 9.36 Å². The zero-order valence-corrected chi connectivity index (χ0v) is 22.8. The zero-order valence-electron chi connectivity index (χ0n) is 21.1. The molecule has 3 aromatic carbocycles. The molecule has 192 valence electrons. The number of nitrogens with zero attached hydrogens (tertiary/aromatic N) is 4. The van der Waals surface area contributed by atoms with Crippen LogP contribution in [0.4, 0.5) is 5.69 Å². The number of anilines is 1. The van der Waals surface area contributed by atoms with E-state index in [4.69, 9.17) is 9.72 Å². The third-order valence-corrected chi connectivity index (χ3v) is 7.80. The fraction of sp³-hybridized carbons (Fsp3) is 0.172. The lowest BCUT2D eigenvalue weighted by molar-refractivity contribution is -0.113. The lowest BCUT2D eigenvalue weighted by atomic mass is 10.2. The van der Waals surface area contributed by atoms with E-state index < -0.39 is 0 Å². The molecule has 1 amide bonds. The molecule has 0 aliphatic heterocycles. The molecule has 0 bridgehead atoms. The Morgan fingerprint density at radius 1 is 1.13 bits per heavy atom. The Bertz CT molecular complexity index is 1560. The van der Waals surface area contributed by atoms with Gasteiger partial charge in [0.05, 0.1) is 16.0 Å². The summed E-state index contributed by atoms with van der Waals surface area (Å²) in [6.45, 7) is 8.37. The number of para-hydroxylation sites is 1. The van der Waals surface area contributed by atoms with Crippen LogP contribution in [0, 0.1) is 6.92 Å². The summed E-state index contributed by atoms with van der Waals surface area (Å²) in [5.74, 6) is 1.51. The van der Waals surface area contributed by atoms with Crippen LogP contribution in [0.1, 0.15) is 24.4 Å². The minimum atomic E-state index is -0.314. The Balaban J connectivity index is 1.20. The Morgan fingerprint density at radius 3 is 2.68 bits per heavy atom. The van der Waals surface area contributed by atoms with E-state index >= 15 is 0 Å². The van der Waals surface area contributed by atoms with Crippen molar-refractivity contribution in [2.45, 2.75) is 31.7 Å². The molecular weight excluding hydrogens is 514 g/mol. The molecule has 5 rings (SSSR count). The predicted octanol–water partition coefficient (Wildman–Crippen LogP) is 6.92. The number of carbonyl (C=O) groups excluding carboxylic acids is 1. The Labute approximate surface area is 229 Å². The van der Waals surface area contributed by atoms with Crippen LogP contribution in [0.5, 0.6) is 5.75 Å². The van der Waals surface area contributed by atoms with Crippen LogP contribution in [0.2, 0.25) is 0 Å². The van der Waals surface area contributed by atoms with Gasteiger partial charge in [-0.2, -0.15) is 0 Å². The molecule has 2 aromatic heterocycles. The molecule has 1 N–H and O–H groups in total. The molecule has 0 saturated carbocycles. The number of fused-ring (bicyclic) bond motifs is 1. The van der Waals surface area contributed by atoms with Gasteiger partial charge in [0.15, 0.2) is 17.1 Å². The van der Waals surface area contributed by atoms with Gasteiger partial charge in [0.25, 0.3) is 0 Å². The molecule has 0 aliphatic rings. The lowest BCUT2D eigenvalue weighted by Gasteiger charge is -2.15. The maximum absolute atomic E-state index is 12.7. The van der Waals surface area contributed by atoms with Gasteiger partial charge in [-0.25, -0.2) is 4.98 Å². The van der Waals surface area contributed by atoms with E-state index in [9.17, 15) is 4.79 Å². The van der Waals surface area contributed by atoms with Crippen LogP contribution in [0.3, 0.4) is 0 Å². The summed E-state index contributed by atoms with van der Waals surface area (Å²) >= 11 is 2.99. The number of allylic oxidation sites excluding steroid dienone is 1. The second-order valence-corrected chi connectivity index (χ2v) is 10.7. The normalized spacial score (nSPS) is 11.8. The van der Waals surface area contributed by atoms with E-state index in [2.05, 4.69) is 41.1 Å². The number of benzene rings is 3. The van der Waals surface area contributed by atoms with Crippen LogP contribution in [-0.4, -0.2) is 31.4 Å². The number of aryl methyl sites for hydroxylation is 1. The first-order valence-electron chi connectivity index (χ1n) is 12.2. The Hall–Kier alpha value is -3.95. The maximum Gasteiger partial charge on any atom is 0.234 e. The standard InChI is InChI=1S/C29H27N5O2S2/c1-4-16-34-27(20(3)36-23-8-6-5-7-9-23)32-33-29(34)37-18-26(35)30-22-13-11-21(12-14-22)28-31-24-15-10-19(2)17-25(24)38-28/h4-15,17,20H,1,16,18H2,2-3H3,(H,30,35). The van der Waals surface area contributed by atoms with Gasteiger partial charge in [0.2, 0.25) is 5.91 Å². The smallest absolute Gasteiger partial charge is 0.234 e. The van der Waals surface area contributed by atoms with E-state index in [1.807, 2.05) is 72.2 Å². The van der Waals surface area contributed by atoms with Crippen molar-refractivity contribution in [3.8, 4) is 16.3 Å². The molecule has 0 saturated heterocycles. The molecule has 2 heterocycles. The van der Waals surface area contributed by atoms with Gasteiger partial charge in [-0.1, -0.05) is 42.1 Å². The van der Waals surface area contributed by atoms with Crippen LogP contribution in [0.15, 0.2) is 90.6 Å². The fourth-order valence-electron chi connectivity index (χ4n) is 3.94. The number of amides is 1. The Morgan fingerprint density at radius 2 is 1.92 bits per heavy atom. The number of hydrogen-bond acceptors (Lipinski definition) is 7. The molecular formula is C29H27N5O2S2. The summed E-state index contributed by atoms with van der Waals surface area (Å²) < 4.78 is 9.11. The predicted molar refractivity (Wildman–Crippen MR) is 155 cm³/mol. The van der Waals surface area contributed by atoms with Crippen LogP contribution in [-0.2, 0) is 11.3 Å². The first kappa shape index (κ1) is 25.7. The number of thioether (sulfide) groups is 1. The lowest BCUT2D eigenvalue weighted by Crippen LogP contribution is -2.15. The second kappa shape index (κ2) is 11.6. The van der Waals surface area contributed by atoms with Crippen LogP contribution >= 0.6 is 23.1 Å². The summed E-state index contributed by atoms with van der Waals surface area (Å²) in [6.07, 6.45) is 1.46. The van der Waals surface area contributed by atoms with Gasteiger partial charge in [0.1, 0.15) is 10.8 Å². The first-order chi connectivity index (χ1) is 18.5. The number of thiazole rings is 1. The number of aromatic nitrogens is 4. The topological polar surface area (TPSA) is 81.9 Å². The summed E-state index contributed by atoms with van der Waals surface area (Å²) in [4.78, 5) is 17.4. The maximum atomic E-state index is 12.7. The third kappa shape index (κ3) is 5.95. The van der Waals surface area contributed by atoms with Crippen molar-refractivity contribution in [1.82, 2.24) is 19.7 Å². The fourth-order valence-corrected chi connectivity index (χ4v) is 5.77. The highest BCUT2D eigenvalue weighted by atomic mass is 32.2. The number of nitrogens with one attached hydrogen (secondary N) is 1. The minimum Gasteiger partial charge on any atom is -0.483 e. The molecule has 5 aromatic rings. The highest BCUT2D eigenvalue weighted by Crippen LogP contribution is 2.31. The largest absolute Gasteiger partial charge is 0.483 e. The van der Waals surface area contributed by atoms with Gasteiger partial charge in [-0.05, 0) is 67.9 Å². The molecule has 38 heavy (non-hydrogen) atoms. The van der Waals surface area contributed by atoms with E-state index in [1.165, 1.54) is 22.0 Å². The molecule has 1 atom stereocenters. The average molecular weight is 542 g/mol. The molecule has 0 radical (unpaired) electrons. The average Bonchev–Trinajstić information content (AvgIpc) is 3.52. The van der Waals surface area contributed by atoms with Crippen molar-refractivity contribution < 1.29 is 9.53 Å². The van der Waals surface area contributed by atoms with Gasteiger partial charge in [0, 0.05) is 17.8 Å². The summed E-state index contributed by atoms with van der Waals surface area (Å²) in [6, 6.07) is 23.6. The minimum absolute atomic E-state index is 0.124. The number of carbonyl (C=O) groups is 1. The highest BCUT2D eigenvalue weighted by Gasteiger charge is 2.20. The molecule has 1 unspecified atom stereocenters. The SMILES string of the molecule is C=CCn1c(SCC(=O)Nc2ccc(-c3nc4ccc(C)cc4s3)cc2)nnc1C(C)Oc1ccccc1. The van der Waals surface area contributed by atoms with E-state index in [1.54, 1.807) is 17.4 Å². The van der Waals surface area contributed by atoms with Crippen molar-refractivity contribution in [2.75, 3.05) is 11.1 Å².